The summed E-state index contributed by atoms with van der Waals surface area (Å²) in [6.07, 6.45) is 2.57. The molecule has 2 aliphatic rings. The number of benzene rings is 3. The number of aryl methyl sites for hydroxylation is 1. The molecule has 2 N–H and O–H groups in total. The molecule has 5 rings (SSSR count). The van der Waals surface area contributed by atoms with Crippen molar-refractivity contribution in [3.05, 3.63) is 88.8 Å². The van der Waals surface area contributed by atoms with E-state index in [9.17, 15) is 9.59 Å². The normalized spacial score (nSPS) is 13.5. The maximum atomic E-state index is 15.5. The second-order valence-corrected chi connectivity index (χ2v) is 8.12. The molecular weight excluding hydrogens is 391 g/mol. The number of nitrogens with zero attached hydrogens (tertiary/aromatic N) is 1. The van der Waals surface area contributed by atoms with Gasteiger partial charge < -0.3 is 10.6 Å². The molecule has 0 atom stereocenters. The summed E-state index contributed by atoms with van der Waals surface area (Å²) in [6.45, 7) is 6.17. The Hall–Kier alpha value is -3.73. The smallest absolute Gasteiger partial charge is 0.250 e. The van der Waals surface area contributed by atoms with E-state index in [-0.39, 0.29) is 11.5 Å². The van der Waals surface area contributed by atoms with Gasteiger partial charge in [-0.3, -0.25) is 9.59 Å². The van der Waals surface area contributed by atoms with Crippen molar-refractivity contribution in [3.63, 3.8) is 0 Å². The van der Waals surface area contributed by atoms with E-state index in [2.05, 4.69) is 12.6 Å². The van der Waals surface area contributed by atoms with Crippen LogP contribution in [0.4, 0.5) is 10.1 Å². The summed E-state index contributed by atoms with van der Waals surface area (Å²) in [4.78, 5) is 26.0. The summed E-state index contributed by atoms with van der Waals surface area (Å²) in [5.74, 6) is -1.31. The third-order valence-electron chi connectivity index (χ3n) is 6.26. The molecule has 0 fully saturated rings. The lowest BCUT2D eigenvalue weighted by Crippen LogP contribution is -2.26. The monoisotopic (exact) mass is 412 g/mol. The molecule has 4 nitrogen and oxygen atoms in total. The van der Waals surface area contributed by atoms with Gasteiger partial charge in [-0.05, 0) is 71.4 Å². The van der Waals surface area contributed by atoms with Gasteiger partial charge in [-0.1, -0.05) is 42.5 Å². The number of anilines is 1. The number of nitrogens with two attached hydrogens (primary N) is 1. The van der Waals surface area contributed by atoms with Crippen molar-refractivity contribution >= 4 is 17.5 Å². The predicted octanol–water partition coefficient (Wildman–Crippen LogP) is 4.55. The van der Waals surface area contributed by atoms with Crippen molar-refractivity contribution in [2.75, 3.05) is 11.4 Å². The Kier molecular flexibility index (Phi) is 4.29. The number of hydrogen-bond donors (Lipinski definition) is 1. The summed E-state index contributed by atoms with van der Waals surface area (Å²) < 4.78 is 15.5. The van der Waals surface area contributed by atoms with Crippen LogP contribution in [0.2, 0.25) is 0 Å². The van der Waals surface area contributed by atoms with Gasteiger partial charge in [0.2, 0.25) is 11.8 Å². The van der Waals surface area contributed by atoms with Crippen LogP contribution in [-0.4, -0.2) is 18.4 Å². The van der Waals surface area contributed by atoms with Crippen LogP contribution in [0.5, 0.6) is 0 Å². The summed E-state index contributed by atoms with van der Waals surface area (Å²) in [6, 6.07) is 13.0. The van der Waals surface area contributed by atoms with Crippen LogP contribution in [0, 0.1) is 12.7 Å². The third-order valence-corrected chi connectivity index (χ3v) is 6.26. The first-order chi connectivity index (χ1) is 14.9. The largest absolute Gasteiger partial charge is 0.366 e. The standard InChI is InChI=1S/C26H21FN2O2/c1-3-23(30)29-9-8-15-5-6-16(12-22(15)29)24-21(27)13-20(26(28)31)19-11-17-10-14(2)4-7-18(17)25(19)24/h3-7,10,12-13H,1,8-9,11H2,2H3,(H2,28,31). The lowest BCUT2D eigenvalue weighted by Gasteiger charge is -2.18. The molecule has 154 valence electrons. The zero-order valence-corrected chi connectivity index (χ0v) is 17.2. The minimum Gasteiger partial charge on any atom is -0.366 e. The Labute approximate surface area is 179 Å². The minimum atomic E-state index is -0.636. The number of rotatable bonds is 3. The number of amides is 2. The predicted molar refractivity (Wildman–Crippen MR) is 120 cm³/mol. The van der Waals surface area contributed by atoms with Gasteiger partial charge in [0.1, 0.15) is 5.82 Å². The summed E-state index contributed by atoms with van der Waals surface area (Å²) >= 11 is 0. The van der Waals surface area contributed by atoms with Gasteiger partial charge in [0.25, 0.3) is 0 Å². The minimum absolute atomic E-state index is 0.175. The summed E-state index contributed by atoms with van der Waals surface area (Å²) in [7, 11) is 0. The first-order valence-corrected chi connectivity index (χ1v) is 10.2. The molecule has 2 amide bonds. The van der Waals surface area contributed by atoms with E-state index in [1.807, 2.05) is 37.3 Å². The molecule has 1 aliphatic carbocycles. The van der Waals surface area contributed by atoms with E-state index in [4.69, 9.17) is 5.73 Å². The number of carbonyl (C=O) groups is 2. The van der Waals surface area contributed by atoms with E-state index >= 15 is 4.39 Å². The Balaban J connectivity index is 1.77. The van der Waals surface area contributed by atoms with Crippen molar-refractivity contribution in [1.82, 2.24) is 0 Å². The Morgan fingerprint density at radius 2 is 1.90 bits per heavy atom. The quantitative estimate of drug-likeness (QED) is 0.502. The van der Waals surface area contributed by atoms with Crippen molar-refractivity contribution < 1.29 is 14.0 Å². The van der Waals surface area contributed by atoms with Crippen LogP contribution >= 0.6 is 0 Å². The lowest BCUT2D eigenvalue weighted by molar-refractivity contribution is -0.114. The van der Waals surface area contributed by atoms with Crippen molar-refractivity contribution in [2.24, 2.45) is 5.73 Å². The van der Waals surface area contributed by atoms with Gasteiger partial charge in [0, 0.05) is 23.4 Å². The molecule has 0 unspecified atom stereocenters. The third kappa shape index (κ3) is 2.88. The zero-order chi connectivity index (χ0) is 21.9. The van der Waals surface area contributed by atoms with E-state index < -0.39 is 11.7 Å². The van der Waals surface area contributed by atoms with Gasteiger partial charge in [-0.2, -0.15) is 0 Å². The van der Waals surface area contributed by atoms with E-state index in [1.165, 1.54) is 12.1 Å². The Bertz CT molecular complexity index is 1310. The Morgan fingerprint density at radius 3 is 2.65 bits per heavy atom. The SMILES string of the molecule is C=CC(=O)N1CCc2ccc(-c3c(F)cc(C(N)=O)c4c3-c3ccc(C)cc3C4)cc21. The van der Waals surface area contributed by atoms with Crippen LogP contribution in [0.3, 0.4) is 0 Å². The maximum Gasteiger partial charge on any atom is 0.250 e. The van der Waals surface area contributed by atoms with Gasteiger partial charge >= 0.3 is 0 Å². The van der Waals surface area contributed by atoms with E-state index in [1.54, 1.807) is 4.90 Å². The van der Waals surface area contributed by atoms with Crippen LogP contribution in [0.1, 0.15) is 32.6 Å². The highest BCUT2D eigenvalue weighted by atomic mass is 19.1. The summed E-state index contributed by atoms with van der Waals surface area (Å²) in [5.41, 5.74) is 13.3. The molecule has 3 aromatic carbocycles. The van der Waals surface area contributed by atoms with E-state index in [0.717, 1.165) is 39.9 Å². The summed E-state index contributed by atoms with van der Waals surface area (Å²) in [5, 5.41) is 0. The second kappa shape index (κ2) is 6.91. The highest BCUT2D eigenvalue weighted by Crippen LogP contribution is 2.47. The fourth-order valence-electron chi connectivity index (χ4n) is 4.85. The highest BCUT2D eigenvalue weighted by Gasteiger charge is 2.30. The number of carbonyl (C=O) groups excluding carboxylic acids is 2. The molecule has 0 saturated heterocycles. The molecule has 0 saturated carbocycles. The topological polar surface area (TPSA) is 63.4 Å². The van der Waals surface area contributed by atoms with Gasteiger partial charge in [0.05, 0.1) is 0 Å². The van der Waals surface area contributed by atoms with E-state index in [0.29, 0.717) is 29.7 Å². The Morgan fingerprint density at radius 1 is 1.10 bits per heavy atom. The van der Waals surface area contributed by atoms with Crippen molar-refractivity contribution in [1.29, 1.82) is 0 Å². The molecule has 31 heavy (non-hydrogen) atoms. The molecule has 3 aromatic rings. The number of hydrogen-bond acceptors (Lipinski definition) is 2. The molecule has 0 spiro atoms. The zero-order valence-electron chi connectivity index (χ0n) is 17.2. The van der Waals surface area contributed by atoms with Gasteiger partial charge in [0.15, 0.2) is 0 Å². The van der Waals surface area contributed by atoms with Crippen LogP contribution in [0.25, 0.3) is 22.3 Å². The molecule has 5 heteroatoms. The van der Waals surface area contributed by atoms with Gasteiger partial charge in [-0.25, -0.2) is 4.39 Å². The van der Waals surface area contributed by atoms with Crippen LogP contribution in [-0.2, 0) is 17.6 Å². The fraction of sp³-hybridized carbons (Fsp3) is 0.154. The molecular formula is C26H21FN2O2. The van der Waals surface area contributed by atoms with Crippen molar-refractivity contribution in [3.8, 4) is 22.3 Å². The highest BCUT2D eigenvalue weighted by molar-refractivity contribution is 6.04. The number of halogens is 1. The van der Waals surface area contributed by atoms with Gasteiger partial charge in [-0.15, -0.1) is 0 Å². The van der Waals surface area contributed by atoms with Crippen LogP contribution < -0.4 is 10.6 Å². The average molecular weight is 412 g/mol. The first kappa shape index (κ1) is 19.2. The van der Waals surface area contributed by atoms with Crippen molar-refractivity contribution in [2.45, 2.75) is 19.8 Å². The maximum absolute atomic E-state index is 15.5. The second-order valence-electron chi connectivity index (χ2n) is 8.12. The van der Waals surface area contributed by atoms with Crippen LogP contribution in [0.15, 0.2) is 55.1 Å². The molecule has 0 bridgehead atoms. The number of fused-ring (bicyclic) bond motifs is 4. The molecule has 1 heterocycles. The molecule has 1 aliphatic heterocycles. The molecule has 0 aromatic heterocycles. The molecule has 0 radical (unpaired) electrons. The first-order valence-electron chi connectivity index (χ1n) is 10.2. The lowest BCUT2D eigenvalue weighted by atomic mass is 9.90. The average Bonchev–Trinajstić information content (AvgIpc) is 3.33. The number of primary amides is 1. The fourth-order valence-corrected chi connectivity index (χ4v) is 4.85.